The van der Waals surface area contributed by atoms with Crippen LogP contribution in [0.25, 0.3) is 22.3 Å². The van der Waals surface area contributed by atoms with Crippen molar-refractivity contribution >= 4 is 88.3 Å². The normalized spacial score (nSPS) is 10.8. The Bertz CT molecular complexity index is 2220. The number of hydrogen-bond acceptors (Lipinski definition) is 7. The van der Waals surface area contributed by atoms with E-state index >= 15 is 0 Å². The van der Waals surface area contributed by atoms with Crippen LogP contribution in [-0.4, -0.2) is 23.8 Å². The van der Waals surface area contributed by atoms with Gasteiger partial charge in [-0.05, 0) is 71.5 Å². The Labute approximate surface area is 324 Å². The number of carbonyl (C=O) groups is 4. The molecule has 0 aliphatic heterocycles. The molecular weight excluding hydrogens is 831 g/mol. The summed E-state index contributed by atoms with van der Waals surface area (Å²) >= 11 is 9.16. The molecule has 6 aromatic rings. The van der Waals surface area contributed by atoms with Crippen LogP contribution in [0.15, 0.2) is 123 Å². The number of hydrogen-bond donors (Lipinski definition) is 2. The fraction of sp³-hybridized carbons (Fsp3) is 0.100. The number of amides is 2. The van der Waals surface area contributed by atoms with Crippen LogP contribution in [0.5, 0.6) is 0 Å². The Morgan fingerprint density at radius 1 is 0.577 bits per heavy atom. The van der Waals surface area contributed by atoms with Gasteiger partial charge in [-0.2, -0.15) is 0 Å². The van der Waals surface area contributed by atoms with Crippen LogP contribution in [0.1, 0.15) is 44.7 Å². The van der Waals surface area contributed by atoms with Gasteiger partial charge in [0.1, 0.15) is 26.9 Å². The average Bonchev–Trinajstić information content (AvgIpc) is 3.76. The number of ether oxygens (including phenoxy) is 1. The van der Waals surface area contributed by atoms with Crippen LogP contribution >= 0.6 is 54.5 Å². The van der Waals surface area contributed by atoms with Crippen molar-refractivity contribution in [1.82, 2.24) is 0 Å². The first-order valence-corrected chi connectivity index (χ1v) is 19.4. The van der Waals surface area contributed by atoms with Gasteiger partial charge in [-0.25, -0.2) is 14.0 Å². The predicted molar refractivity (Wildman–Crippen MR) is 211 cm³/mol. The Hall–Kier alpha value is -4.75. The van der Waals surface area contributed by atoms with Crippen molar-refractivity contribution in [3.05, 3.63) is 151 Å². The molecule has 0 aliphatic rings. The first-order valence-electron chi connectivity index (χ1n) is 16.0. The van der Waals surface area contributed by atoms with Gasteiger partial charge >= 0.3 is 11.9 Å². The lowest BCUT2D eigenvalue weighted by Gasteiger charge is -2.11. The molecule has 0 saturated carbocycles. The Kier molecular flexibility index (Phi) is 12.2. The van der Waals surface area contributed by atoms with Crippen molar-refractivity contribution in [3.63, 3.8) is 0 Å². The summed E-state index contributed by atoms with van der Waals surface area (Å²) in [5.41, 5.74) is 4.15. The highest BCUT2D eigenvalue weighted by Gasteiger charge is 2.29. The molecule has 6 rings (SSSR count). The summed E-state index contributed by atoms with van der Waals surface area (Å²) in [6.45, 7) is 0. The second-order valence-electron chi connectivity index (χ2n) is 11.6. The van der Waals surface area contributed by atoms with Crippen molar-refractivity contribution in [1.29, 1.82) is 0 Å². The van der Waals surface area contributed by atoms with E-state index in [-0.39, 0.29) is 51.6 Å². The van der Waals surface area contributed by atoms with Crippen LogP contribution in [0, 0.1) is 5.82 Å². The maximum absolute atomic E-state index is 14.0. The fourth-order valence-corrected chi connectivity index (χ4v) is 7.84. The highest BCUT2D eigenvalue weighted by Crippen LogP contribution is 2.39. The molecule has 0 unspecified atom stereocenters. The van der Waals surface area contributed by atoms with E-state index < -0.39 is 11.9 Å². The number of rotatable bonds is 12. The molecule has 0 bridgehead atoms. The summed E-state index contributed by atoms with van der Waals surface area (Å²) in [7, 11) is 0. The minimum absolute atomic E-state index is 0.0182. The zero-order valence-corrected chi connectivity index (χ0v) is 32.1. The minimum atomic E-state index is -0.965. The van der Waals surface area contributed by atoms with Gasteiger partial charge in [0.05, 0.1) is 0 Å². The van der Waals surface area contributed by atoms with Crippen LogP contribution < -0.4 is 10.6 Å². The quantitative estimate of drug-likeness (QED) is 0.0943. The van der Waals surface area contributed by atoms with Crippen LogP contribution in [-0.2, 0) is 27.2 Å². The van der Waals surface area contributed by atoms with Crippen molar-refractivity contribution in [2.45, 2.75) is 25.7 Å². The summed E-state index contributed by atoms with van der Waals surface area (Å²) < 4.78 is 20.6. The lowest BCUT2D eigenvalue weighted by atomic mass is 10.0. The van der Waals surface area contributed by atoms with E-state index in [0.29, 0.717) is 35.1 Å². The van der Waals surface area contributed by atoms with Gasteiger partial charge in [-0.1, -0.05) is 98.6 Å². The van der Waals surface area contributed by atoms with E-state index in [1.165, 1.54) is 12.1 Å². The lowest BCUT2D eigenvalue weighted by Crippen LogP contribution is -2.19. The van der Waals surface area contributed by atoms with Crippen LogP contribution in [0.2, 0.25) is 0 Å². The molecular formula is C40H29Br2FN2O5S2. The van der Waals surface area contributed by atoms with Crippen LogP contribution in [0.4, 0.5) is 14.4 Å². The molecule has 0 radical (unpaired) electrons. The topological polar surface area (TPSA) is 102 Å². The number of thiophene rings is 2. The molecule has 262 valence electrons. The second-order valence-corrected chi connectivity index (χ2v) is 15.2. The van der Waals surface area contributed by atoms with E-state index in [2.05, 4.69) is 42.5 Å². The van der Waals surface area contributed by atoms with Gasteiger partial charge < -0.3 is 15.4 Å². The molecule has 0 spiro atoms. The standard InChI is InChI=1S/C40H29Br2FN2O5S2/c41-28-14-10-26(11-15-28)31-22-51-37(44-33(46)20-8-24-4-2-1-3-5-24)35(31)39(48)50-40(49)36-32(27-12-16-29(42)17-13-27)23-52-38(36)45-34(47)21-9-25-6-18-30(43)19-7-25/h1-7,10-19,22-23H,8-9,20-21H2,(H,44,46)(H,45,47). The van der Waals surface area contributed by atoms with Crippen molar-refractivity contribution in [3.8, 4) is 22.3 Å². The average molecular weight is 861 g/mol. The molecule has 7 nitrogen and oxygen atoms in total. The molecule has 4 aromatic carbocycles. The Morgan fingerprint density at radius 2 is 1.00 bits per heavy atom. The summed E-state index contributed by atoms with van der Waals surface area (Å²) in [5, 5.41) is 9.60. The highest BCUT2D eigenvalue weighted by atomic mass is 79.9. The Balaban J connectivity index is 1.27. The molecule has 0 aliphatic carbocycles. The molecule has 52 heavy (non-hydrogen) atoms. The third-order valence-corrected chi connectivity index (χ3v) is 10.9. The van der Waals surface area contributed by atoms with E-state index in [1.807, 2.05) is 66.7 Å². The van der Waals surface area contributed by atoms with E-state index in [0.717, 1.165) is 42.7 Å². The SMILES string of the molecule is O=C(CCc1ccccc1)Nc1scc(-c2ccc(Br)cc2)c1C(=O)OC(=O)c1c(-c2ccc(Br)cc2)csc1NC(=O)CCc1ccc(F)cc1. The lowest BCUT2D eigenvalue weighted by molar-refractivity contribution is -0.117. The van der Waals surface area contributed by atoms with E-state index in [4.69, 9.17) is 4.74 Å². The maximum Gasteiger partial charge on any atom is 0.349 e. The van der Waals surface area contributed by atoms with Crippen molar-refractivity contribution in [2.75, 3.05) is 10.6 Å². The first kappa shape index (κ1) is 37.0. The Morgan fingerprint density at radius 3 is 1.44 bits per heavy atom. The van der Waals surface area contributed by atoms with Crippen LogP contribution in [0.3, 0.4) is 0 Å². The smallest absolute Gasteiger partial charge is 0.349 e. The number of carbonyl (C=O) groups excluding carboxylic acids is 4. The van der Waals surface area contributed by atoms with Crippen molar-refractivity contribution in [2.24, 2.45) is 0 Å². The second kappa shape index (κ2) is 17.2. The van der Waals surface area contributed by atoms with Gasteiger partial charge in [0.25, 0.3) is 0 Å². The number of halogens is 3. The molecule has 0 fully saturated rings. The zero-order chi connectivity index (χ0) is 36.6. The number of anilines is 2. The van der Waals surface area contributed by atoms with Gasteiger partial charge in [-0.3, -0.25) is 9.59 Å². The fourth-order valence-electron chi connectivity index (χ4n) is 5.36. The maximum atomic E-state index is 14.0. The van der Waals surface area contributed by atoms with E-state index in [1.54, 1.807) is 35.0 Å². The molecule has 2 aromatic heterocycles. The largest absolute Gasteiger partial charge is 0.386 e. The molecule has 2 heterocycles. The highest BCUT2D eigenvalue weighted by molar-refractivity contribution is 9.10. The third-order valence-electron chi connectivity index (χ3n) is 8.03. The summed E-state index contributed by atoms with van der Waals surface area (Å²) in [4.78, 5) is 54.3. The van der Waals surface area contributed by atoms with E-state index in [9.17, 15) is 23.6 Å². The van der Waals surface area contributed by atoms with Gasteiger partial charge in [0, 0.05) is 43.7 Å². The first-order chi connectivity index (χ1) is 25.1. The molecule has 2 N–H and O–H groups in total. The van der Waals surface area contributed by atoms with Gasteiger partial charge in [0.15, 0.2) is 0 Å². The zero-order valence-electron chi connectivity index (χ0n) is 27.3. The number of aryl methyl sites for hydroxylation is 2. The van der Waals surface area contributed by atoms with Gasteiger partial charge in [0.2, 0.25) is 11.8 Å². The monoisotopic (exact) mass is 858 g/mol. The van der Waals surface area contributed by atoms with Gasteiger partial charge in [-0.15, -0.1) is 22.7 Å². The summed E-state index contributed by atoms with van der Waals surface area (Å²) in [5.74, 6) is -2.95. The number of esters is 2. The molecule has 2 amide bonds. The minimum Gasteiger partial charge on any atom is -0.386 e. The molecule has 0 atom stereocenters. The molecule has 12 heteroatoms. The predicted octanol–water partition coefficient (Wildman–Crippen LogP) is 10.9. The number of nitrogens with one attached hydrogen (secondary N) is 2. The third kappa shape index (κ3) is 9.37. The summed E-state index contributed by atoms with van der Waals surface area (Å²) in [6.07, 6.45) is 1.11. The summed E-state index contributed by atoms with van der Waals surface area (Å²) in [6, 6.07) is 30.0. The number of benzene rings is 4. The van der Waals surface area contributed by atoms with Crippen molar-refractivity contribution < 1.29 is 28.3 Å². The molecule has 0 saturated heterocycles.